The Bertz CT molecular complexity index is 1020. The molecular formula is C23H29N7O. The third-order valence-electron chi connectivity index (χ3n) is 5.94. The Morgan fingerprint density at radius 2 is 2.13 bits per heavy atom. The van der Waals surface area contributed by atoms with E-state index in [9.17, 15) is 0 Å². The van der Waals surface area contributed by atoms with Crippen molar-refractivity contribution in [3.05, 3.63) is 53.7 Å². The van der Waals surface area contributed by atoms with E-state index in [1.165, 1.54) is 12.0 Å². The van der Waals surface area contributed by atoms with E-state index < -0.39 is 0 Å². The van der Waals surface area contributed by atoms with Gasteiger partial charge in [-0.3, -0.25) is 0 Å². The molecular weight excluding hydrogens is 390 g/mol. The lowest BCUT2D eigenvalue weighted by Crippen LogP contribution is -2.27. The first-order chi connectivity index (χ1) is 15.3. The molecule has 1 unspecified atom stereocenters. The molecule has 1 aromatic carbocycles. The highest BCUT2D eigenvalue weighted by Gasteiger charge is 2.19. The highest BCUT2D eigenvalue weighted by atomic mass is 16.5. The average Bonchev–Trinajstić information content (AvgIpc) is 3.46. The predicted molar refractivity (Wildman–Crippen MR) is 121 cm³/mol. The van der Waals surface area contributed by atoms with Crippen molar-refractivity contribution < 1.29 is 4.74 Å². The van der Waals surface area contributed by atoms with Gasteiger partial charge in [-0.2, -0.15) is 4.98 Å². The first-order valence-corrected chi connectivity index (χ1v) is 11.1. The van der Waals surface area contributed by atoms with Gasteiger partial charge in [-0.15, -0.1) is 0 Å². The lowest BCUT2D eigenvalue weighted by atomic mass is 10.1. The lowest BCUT2D eigenvalue weighted by molar-refractivity contribution is 0.107. The zero-order chi connectivity index (χ0) is 21.0. The van der Waals surface area contributed by atoms with Crippen molar-refractivity contribution in [2.24, 2.45) is 0 Å². The SMILES string of the molecule is Cc1nccn1-c1ccc(Nc2nc3c(c(NCCC4CCCO4)n2)CNCC3)cc1. The van der Waals surface area contributed by atoms with Crippen LogP contribution in [0, 0.1) is 6.92 Å². The van der Waals surface area contributed by atoms with E-state index >= 15 is 0 Å². The van der Waals surface area contributed by atoms with Crippen molar-refractivity contribution in [2.75, 3.05) is 30.3 Å². The van der Waals surface area contributed by atoms with E-state index in [2.05, 4.69) is 37.6 Å². The molecule has 1 saturated heterocycles. The Labute approximate surface area is 182 Å². The van der Waals surface area contributed by atoms with Crippen molar-refractivity contribution >= 4 is 17.5 Å². The molecule has 5 rings (SSSR count). The van der Waals surface area contributed by atoms with Crippen LogP contribution in [0.5, 0.6) is 0 Å². The Morgan fingerprint density at radius 1 is 1.23 bits per heavy atom. The molecule has 3 aromatic rings. The minimum absolute atomic E-state index is 0.374. The second-order valence-corrected chi connectivity index (χ2v) is 8.11. The molecule has 31 heavy (non-hydrogen) atoms. The summed E-state index contributed by atoms with van der Waals surface area (Å²) in [7, 11) is 0. The number of rotatable bonds is 7. The minimum atomic E-state index is 0.374. The van der Waals surface area contributed by atoms with Crippen LogP contribution in [-0.4, -0.2) is 45.3 Å². The summed E-state index contributed by atoms with van der Waals surface area (Å²) >= 11 is 0. The number of hydrogen-bond acceptors (Lipinski definition) is 7. The van der Waals surface area contributed by atoms with Crippen molar-refractivity contribution in [1.29, 1.82) is 0 Å². The van der Waals surface area contributed by atoms with Crippen molar-refractivity contribution in [3.63, 3.8) is 0 Å². The minimum Gasteiger partial charge on any atom is -0.378 e. The van der Waals surface area contributed by atoms with Crippen LogP contribution < -0.4 is 16.0 Å². The van der Waals surface area contributed by atoms with Crippen LogP contribution in [0.3, 0.4) is 0 Å². The van der Waals surface area contributed by atoms with Gasteiger partial charge in [0.2, 0.25) is 5.95 Å². The van der Waals surface area contributed by atoms with Gasteiger partial charge in [0, 0.05) is 62.0 Å². The quantitative estimate of drug-likeness (QED) is 0.541. The molecule has 4 heterocycles. The fraction of sp³-hybridized carbons (Fsp3) is 0.435. The van der Waals surface area contributed by atoms with Gasteiger partial charge in [0.25, 0.3) is 0 Å². The van der Waals surface area contributed by atoms with Gasteiger partial charge in [0.15, 0.2) is 0 Å². The molecule has 1 atom stereocenters. The molecule has 162 valence electrons. The summed E-state index contributed by atoms with van der Waals surface area (Å²) in [4.78, 5) is 13.9. The molecule has 8 heteroatoms. The normalized spacial score (nSPS) is 18.0. The lowest BCUT2D eigenvalue weighted by Gasteiger charge is -2.21. The van der Waals surface area contributed by atoms with Crippen LogP contribution in [0.25, 0.3) is 5.69 Å². The summed E-state index contributed by atoms with van der Waals surface area (Å²) in [6, 6.07) is 8.23. The van der Waals surface area contributed by atoms with Crippen molar-refractivity contribution in [2.45, 2.75) is 45.3 Å². The van der Waals surface area contributed by atoms with E-state index in [0.29, 0.717) is 12.1 Å². The van der Waals surface area contributed by atoms with Crippen LogP contribution in [0.2, 0.25) is 0 Å². The van der Waals surface area contributed by atoms with Gasteiger partial charge in [-0.05, 0) is 50.5 Å². The average molecular weight is 420 g/mol. The van der Waals surface area contributed by atoms with Crippen LogP contribution in [0.15, 0.2) is 36.7 Å². The number of anilines is 3. The topological polar surface area (TPSA) is 88.9 Å². The number of benzene rings is 1. The zero-order valence-electron chi connectivity index (χ0n) is 17.9. The Hall–Kier alpha value is -2.97. The molecule has 0 saturated carbocycles. The summed E-state index contributed by atoms with van der Waals surface area (Å²) in [6.45, 7) is 5.49. The summed E-state index contributed by atoms with van der Waals surface area (Å²) in [5.74, 6) is 2.52. The van der Waals surface area contributed by atoms with Gasteiger partial charge in [-0.25, -0.2) is 9.97 Å². The van der Waals surface area contributed by atoms with Gasteiger partial charge in [0.1, 0.15) is 11.6 Å². The molecule has 0 radical (unpaired) electrons. The molecule has 0 bridgehead atoms. The number of nitrogens with zero attached hydrogens (tertiary/aromatic N) is 4. The first kappa shape index (κ1) is 20.0. The summed E-state index contributed by atoms with van der Waals surface area (Å²) in [5, 5.41) is 10.4. The maximum absolute atomic E-state index is 5.75. The highest BCUT2D eigenvalue weighted by molar-refractivity contribution is 5.59. The van der Waals surface area contributed by atoms with E-state index in [1.807, 2.05) is 31.5 Å². The predicted octanol–water partition coefficient (Wildman–Crippen LogP) is 3.34. The maximum Gasteiger partial charge on any atom is 0.229 e. The number of aryl methyl sites for hydroxylation is 1. The first-order valence-electron chi connectivity index (χ1n) is 11.1. The smallest absolute Gasteiger partial charge is 0.229 e. The molecule has 0 amide bonds. The van der Waals surface area contributed by atoms with E-state index in [0.717, 1.165) is 74.2 Å². The second kappa shape index (κ2) is 9.03. The molecule has 0 aliphatic carbocycles. The van der Waals surface area contributed by atoms with Crippen LogP contribution in [0.1, 0.15) is 36.3 Å². The number of imidazole rings is 1. The number of fused-ring (bicyclic) bond motifs is 1. The fourth-order valence-electron chi connectivity index (χ4n) is 4.25. The Balaban J connectivity index is 1.32. The van der Waals surface area contributed by atoms with Gasteiger partial charge in [-0.1, -0.05) is 0 Å². The van der Waals surface area contributed by atoms with Crippen LogP contribution in [0.4, 0.5) is 17.5 Å². The number of aromatic nitrogens is 4. The third kappa shape index (κ3) is 4.55. The second-order valence-electron chi connectivity index (χ2n) is 8.11. The fourth-order valence-corrected chi connectivity index (χ4v) is 4.25. The van der Waals surface area contributed by atoms with Crippen molar-refractivity contribution in [1.82, 2.24) is 24.8 Å². The number of ether oxygens (including phenoxy) is 1. The van der Waals surface area contributed by atoms with Crippen LogP contribution in [-0.2, 0) is 17.7 Å². The Morgan fingerprint density at radius 3 is 2.90 bits per heavy atom. The monoisotopic (exact) mass is 419 g/mol. The molecule has 0 spiro atoms. The molecule has 8 nitrogen and oxygen atoms in total. The zero-order valence-corrected chi connectivity index (χ0v) is 17.9. The molecule has 2 aliphatic rings. The summed E-state index contributed by atoms with van der Waals surface area (Å²) < 4.78 is 7.80. The highest BCUT2D eigenvalue weighted by Crippen LogP contribution is 2.25. The Kier molecular flexibility index (Phi) is 5.82. The number of hydrogen-bond donors (Lipinski definition) is 3. The molecule has 2 aromatic heterocycles. The summed E-state index contributed by atoms with van der Waals surface area (Å²) in [6.07, 6.45) is 8.39. The van der Waals surface area contributed by atoms with E-state index in [1.54, 1.807) is 0 Å². The maximum atomic E-state index is 5.75. The summed E-state index contributed by atoms with van der Waals surface area (Å²) in [5.41, 5.74) is 4.33. The largest absolute Gasteiger partial charge is 0.378 e. The molecule has 1 fully saturated rings. The van der Waals surface area contributed by atoms with Crippen LogP contribution >= 0.6 is 0 Å². The van der Waals surface area contributed by atoms with Gasteiger partial charge < -0.3 is 25.3 Å². The number of nitrogens with one attached hydrogen (secondary N) is 3. The van der Waals surface area contributed by atoms with E-state index in [-0.39, 0.29) is 0 Å². The van der Waals surface area contributed by atoms with Gasteiger partial charge >= 0.3 is 0 Å². The molecule has 2 aliphatic heterocycles. The van der Waals surface area contributed by atoms with Gasteiger partial charge in [0.05, 0.1) is 11.8 Å². The standard InChI is InChI=1S/C23H29N7O/c1-16-25-12-13-30(16)18-6-4-17(5-7-18)27-23-28-21-9-10-24-15-20(21)22(29-23)26-11-8-19-3-2-14-31-19/h4-7,12-13,19,24H,2-3,8-11,14-15H2,1H3,(H2,26,27,28,29). The van der Waals surface area contributed by atoms with Crippen molar-refractivity contribution in [3.8, 4) is 5.69 Å². The molecule has 3 N–H and O–H groups in total. The van der Waals surface area contributed by atoms with E-state index in [4.69, 9.17) is 14.7 Å². The third-order valence-corrected chi connectivity index (χ3v) is 5.94.